The molecule has 1 atom stereocenters. The Morgan fingerprint density at radius 3 is 2.42 bits per heavy atom. The average molecular weight is 253 g/mol. The molecule has 2 aromatic rings. The molecule has 0 radical (unpaired) electrons. The zero-order chi connectivity index (χ0) is 13.5. The van der Waals surface area contributed by atoms with E-state index >= 15 is 0 Å². The lowest BCUT2D eigenvalue weighted by Gasteiger charge is -2.10. The third kappa shape index (κ3) is 3.44. The van der Waals surface area contributed by atoms with Crippen molar-refractivity contribution in [2.24, 2.45) is 4.99 Å². The number of nitrogens with zero attached hydrogens (tertiary/aromatic N) is 1. The lowest BCUT2D eigenvalue weighted by atomic mass is 10.1. The molecule has 19 heavy (non-hydrogen) atoms. The van der Waals surface area contributed by atoms with Crippen molar-refractivity contribution in [3.8, 4) is 5.75 Å². The van der Waals surface area contributed by atoms with E-state index < -0.39 is 0 Å². The fourth-order valence-electron chi connectivity index (χ4n) is 2.05. The summed E-state index contributed by atoms with van der Waals surface area (Å²) in [7, 11) is 1.68. The Morgan fingerprint density at radius 1 is 1.05 bits per heavy atom. The van der Waals surface area contributed by atoms with Crippen LogP contribution in [0.15, 0.2) is 59.6 Å². The average Bonchev–Trinajstić information content (AvgIpc) is 2.49. The van der Waals surface area contributed by atoms with E-state index in [0.29, 0.717) is 0 Å². The van der Waals surface area contributed by atoms with Gasteiger partial charge in [-0.25, -0.2) is 0 Å². The smallest absolute Gasteiger partial charge is 0.127 e. The first-order valence-electron chi connectivity index (χ1n) is 6.56. The number of benzene rings is 2. The highest BCUT2D eigenvalue weighted by molar-refractivity contribution is 5.83. The zero-order valence-corrected chi connectivity index (χ0v) is 11.4. The highest BCUT2D eigenvalue weighted by Gasteiger charge is 2.06. The SMILES string of the molecule is CC[C@@H](N=Cc1ccccc1OC)c1ccccc1. The summed E-state index contributed by atoms with van der Waals surface area (Å²) in [4.78, 5) is 4.69. The minimum absolute atomic E-state index is 0.200. The van der Waals surface area contributed by atoms with E-state index in [9.17, 15) is 0 Å². The molecule has 0 heterocycles. The number of para-hydroxylation sites is 1. The van der Waals surface area contributed by atoms with Crippen LogP contribution in [0.2, 0.25) is 0 Å². The molecule has 0 aliphatic heterocycles. The number of rotatable bonds is 5. The van der Waals surface area contributed by atoms with Crippen LogP contribution < -0.4 is 4.74 Å². The summed E-state index contributed by atoms with van der Waals surface area (Å²) in [6.07, 6.45) is 2.88. The van der Waals surface area contributed by atoms with Crippen LogP contribution in [0, 0.1) is 0 Å². The summed E-state index contributed by atoms with van der Waals surface area (Å²) >= 11 is 0. The van der Waals surface area contributed by atoms with Crippen LogP contribution in [-0.2, 0) is 0 Å². The van der Waals surface area contributed by atoms with Crippen molar-refractivity contribution in [2.75, 3.05) is 7.11 Å². The fourth-order valence-corrected chi connectivity index (χ4v) is 2.05. The van der Waals surface area contributed by atoms with Gasteiger partial charge in [0.1, 0.15) is 5.75 Å². The van der Waals surface area contributed by atoms with Crippen molar-refractivity contribution < 1.29 is 4.74 Å². The lowest BCUT2D eigenvalue weighted by molar-refractivity contribution is 0.414. The molecule has 0 aliphatic rings. The third-order valence-electron chi connectivity index (χ3n) is 3.10. The van der Waals surface area contributed by atoms with Gasteiger partial charge in [-0.1, -0.05) is 49.4 Å². The molecule has 0 unspecified atom stereocenters. The summed E-state index contributed by atoms with van der Waals surface area (Å²) in [6.45, 7) is 2.15. The summed E-state index contributed by atoms with van der Waals surface area (Å²) < 4.78 is 5.33. The summed E-state index contributed by atoms with van der Waals surface area (Å²) in [6, 6.07) is 18.5. The van der Waals surface area contributed by atoms with Gasteiger partial charge in [0.25, 0.3) is 0 Å². The van der Waals surface area contributed by atoms with E-state index in [-0.39, 0.29) is 6.04 Å². The predicted octanol–water partition coefficient (Wildman–Crippen LogP) is 4.27. The van der Waals surface area contributed by atoms with E-state index in [0.717, 1.165) is 17.7 Å². The number of methoxy groups -OCH3 is 1. The minimum Gasteiger partial charge on any atom is -0.496 e. The van der Waals surface area contributed by atoms with Crippen LogP contribution >= 0.6 is 0 Å². The van der Waals surface area contributed by atoms with Gasteiger partial charge in [0.2, 0.25) is 0 Å². The van der Waals surface area contributed by atoms with Crippen LogP contribution in [0.5, 0.6) is 5.75 Å². The van der Waals surface area contributed by atoms with Crippen LogP contribution in [0.1, 0.15) is 30.5 Å². The molecular weight excluding hydrogens is 234 g/mol. The number of ether oxygens (including phenoxy) is 1. The molecule has 2 nitrogen and oxygen atoms in total. The van der Waals surface area contributed by atoms with Crippen LogP contribution in [0.4, 0.5) is 0 Å². The van der Waals surface area contributed by atoms with Gasteiger partial charge < -0.3 is 4.74 Å². The van der Waals surface area contributed by atoms with Crippen molar-refractivity contribution >= 4 is 6.21 Å². The maximum atomic E-state index is 5.33. The Hall–Kier alpha value is -2.09. The van der Waals surface area contributed by atoms with Gasteiger partial charge in [-0.05, 0) is 24.1 Å². The lowest BCUT2D eigenvalue weighted by Crippen LogP contribution is -1.96. The van der Waals surface area contributed by atoms with E-state index in [1.165, 1.54) is 5.56 Å². The molecule has 0 N–H and O–H groups in total. The zero-order valence-electron chi connectivity index (χ0n) is 11.4. The first kappa shape index (κ1) is 13.3. The molecular formula is C17H19NO. The Morgan fingerprint density at radius 2 is 1.74 bits per heavy atom. The first-order valence-corrected chi connectivity index (χ1v) is 6.56. The van der Waals surface area contributed by atoms with E-state index in [2.05, 4.69) is 36.2 Å². The Balaban J connectivity index is 2.21. The minimum atomic E-state index is 0.200. The Kier molecular flexibility index (Phi) is 4.73. The van der Waals surface area contributed by atoms with Gasteiger partial charge in [-0.2, -0.15) is 0 Å². The van der Waals surface area contributed by atoms with Gasteiger partial charge in [0.15, 0.2) is 0 Å². The molecule has 0 bridgehead atoms. The van der Waals surface area contributed by atoms with Gasteiger partial charge in [-0.3, -0.25) is 4.99 Å². The summed E-state index contributed by atoms with van der Waals surface area (Å²) in [5.41, 5.74) is 2.26. The van der Waals surface area contributed by atoms with Crippen molar-refractivity contribution in [3.05, 3.63) is 65.7 Å². The third-order valence-corrected chi connectivity index (χ3v) is 3.10. The Bertz CT molecular complexity index is 534. The van der Waals surface area contributed by atoms with Crippen molar-refractivity contribution in [3.63, 3.8) is 0 Å². The molecule has 0 amide bonds. The highest BCUT2D eigenvalue weighted by Crippen LogP contribution is 2.22. The van der Waals surface area contributed by atoms with Crippen molar-refractivity contribution in [1.29, 1.82) is 0 Å². The number of hydrogen-bond donors (Lipinski definition) is 0. The van der Waals surface area contributed by atoms with Gasteiger partial charge >= 0.3 is 0 Å². The molecule has 98 valence electrons. The summed E-state index contributed by atoms with van der Waals surface area (Å²) in [5.74, 6) is 0.856. The molecule has 2 rings (SSSR count). The van der Waals surface area contributed by atoms with Crippen LogP contribution in [0.3, 0.4) is 0 Å². The second-order valence-electron chi connectivity index (χ2n) is 4.35. The van der Waals surface area contributed by atoms with Gasteiger partial charge in [0.05, 0.1) is 13.2 Å². The van der Waals surface area contributed by atoms with Gasteiger partial charge in [0, 0.05) is 11.8 Å². The van der Waals surface area contributed by atoms with E-state index in [1.54, 1.807) is 7.11 Å². The quantitative estimate of drug-likeness (QED) is 0.729. The van der Waals surface area contributed by atoms with Crippen molar-refractivity contribution in [1.82, 2.24) is 0 Å². The maximum absolute atomic E-state index is 5.33. The summed E-state index contributed by atoms with van der Waals surface area (Å²) in [5, 5.41) is 0. The molecule has 0 aromatic heterocycles. The second kappa shape index (κ2) is 6.74. The topological polar surface area (TPSA) is 21.6 Å². The number of hydrogen-bond acceptors (Lipinski definition) is 2. The van der Waals surface area contributed by atoms with Gasteiger partial charge in [-0.15, -0.1) is 0 Å². The van der Waals surface area contributed by atoms with Crippen LogP contribution in [0.25, 0.3) is 0 Å². The standard InChI is InChI=1S/C17H19NO/c1-3-16(14-9-5-4-6-10-14)18-13-15-11-7-8-12-17(15)19-2/h4-13,16H,3H2,1-2H3/t16-/m1/s1. The second-order valence-corrected chi connectivity index (χ2v) is 4.35. The molecule has 0 saturated carbocycles. The number of aliphatic imine (C=N–C) groups is 1. The molecule has 2 heteroatoms. The maximum Gasteiger partial charge on any atom is 0.127 e. The van der Waals surface area contributed by atoms with Crippen LogP contribution in [-0.4, -0.2) is 13.3 Å². The molecule has 0 aliphatic carbocycles. The molecule has 0 spiro atoms. The molecule has 2 aromatic carbocycles. The predicted molar refractivity (Wildman–Crippen MR) is 80.1 cm³/mol. The highest BCUT2D eigenvalue weighted by atomic mass is 16.5. The molecule has 0 saturated heterocycles. The Labute approximate surface area is 114 Å². The van der Waals surface area contributed by atoms with E-state index in [1.807, 2.05) is 36.5 Å². The largest absolute Gasteiger partial charge is 0.496 e. The monoisotopic (exact) mass is 253 g/mol. The first-order chi connectivity index (χ1) is 9.35. The normalized spacial score (nSPS) is 12.5. The van der Waals surface area contributed by atoms with Crippen molar-refractivity contribution in [2.45, 2.75) is 19.4 Å². The van der Waals surface area contributed by atoms with E-state index in [4.69, 9.17) is 4.74 Å². The molecule has 0 fully saturated rings. The fraction of sp³-hybridized carbons (Fsp3) is 0.235.